The zero-order valence-corrected chi connectivity index (χ0v) is 8.84. The number of nitrogens with zero attached hydrogens (tertiary/aromatic N) is 2. The van der Waals surface area contributed by atoms with Crippen LogP contribution in [-0.2, 0) is 0 Å². The highest BCUT2D eigenvalue weighted by atomic mass is 16.1. The third-order valence-electron chi connectivity index (χ3n) is 2.12. The number of anilines is 1. The lowest BCUT2D eigenvalue weighted by molar-refractivity contribution is 0.102. The number of hydrogen-bond donors (Lipinski definition) is 1. The molecule has 1 heterocycles. The molecule has 4 heteroatoms. The number of aromatic nitrogens is 2. The van der Waals surface area contributed by atoms with Crippen LogP contribution in [0.25, 0.3) is 0 Å². The second kappa shape index (κ2) is 4.53. The number of hydrogen-bond acceptors (Lipinski definition) is 3. The molecule has 0 saturated heterocycles. The monoisotopic (exact) mass is 213 g/mol. The number of nitrogens with one attached hydrogen (secondary N) is 1. The molecule has 0 fully saturated rings. The van der Waals surface area contributed by atoms with Gasteiger partial charge in [0.2, 0.25) is 0 Å². The molecule has 0 bridgehead atoms. The first-order valence-corrected chi connectivity index (χ1v) is 4.90. The van der Waals surface area contributed by atoms with Crippen LogP contribution in [0.15, 0.2) is 42.9 Å². The highest BCUT2D eigenvalue weighted by Crippen LogP contribution is 2.06. The van der Waals surface area contributed by atoms with E-state index in [2.05, 4.69) is 15.3 Å². The van der Waals surface area contributed by atoms with Crippen LogP contribution in [-0.4, -0.2) is 15.9 Å². The second-order valence-electron chi connectivity index (χ2n) is 3.41. The Balaban J connectivity index is 2.12. The van der Waals surface area contributed by atoms with Gasteiger partial charge in [-0.15, -0.1) is 0 Å². The Morgan fingerprint density at radius 1 is 1.19 bits per heavy atom. The van der Waals surface area contributed by atoms with E-state index in [1.165, 1.54) is 12.4 Å². The molecule has 2 rings (SSSR count). The minimum atomic E-state index is -0.180. The molecule has 4 nitrogen and oxygen atoms in total. The van der Waals surface area contributed by atoms with Crippen LogP contribution in [0.3, 0.4) is 0 Å². The van der Waals surface area contributed by atoms with Crippen molar-refractivity contribution in [2.45, 2.75) is 6.92 Å². The van der Waals surface area contributed by atoms with Crippen molar-refractivity contribution < 1.29 is 4.79 Å². The third kappa shape index (κ3) is 2.42. The van der Waals surface area contributed by atoms with E-state index >= 15 is 0 Å². The summed E-state index contributed by atoms with van der Waals surface area (Å²) in [6.07, 6.45) is 4.60. The van der Waals surface area contributed by atoms with Crippen molar-refractivity contribution in [3.8, 4) is 0 Å². The van der Waals surface area contributed by atoms with Gasteiger partial charge in [-0.1, -0.05) is 17.7 Å². The van der Waals surface area contributed by atoms with E-state index in [0.717, 1.165) is 5.56 Å². The molecule has 0 atom stereocenters. The molecule has 1 aromatic heterocycles. The molecule has 0 radical (unpaired) electrons. The summed E-state index contributed by atoms with van der Waals surface area (Å²) in [5.74, 6) is 0.272. The molecule has 1 amide bonds. The number of rotatable bonds is 2. The number of benzene rings is 1. The zero-order chi connectivity index (χ0) is 11.4. The quantitative estimate of drug-likeness (QED) is 0.830. The smallest absolute Gasteiger partial charge is 0.256 e. The molecule has 1 N–H and O–H groups in total. The fraction of sp³-hybridized carbons (Fsp3) is 0.0833. The topological polar surface area (TPSA) is 54.9 Å². The van der Waals surface area contributed by atoms with E-state index in [1.807, 2.05) is 19.1 Å². The van der Waals surface area contributed by atoms with Crippen molar-refractivity contribution in [2.24, 2.45) is 0 Å². The largest absolute Gasteiger partial charge is 0.305 e. The zero-order valence-electron chi connectivity index (χ0n) is 8.84. The molecule has 0 saturated carbocycles. The predicted molar refractivity (Wildman–Crippen MR) is 61.2 cm³/mol. The van der Waals surface area contributed by atoms with Gasteiger partial charge in [0.1, 0.15) is 0 Å². The van der Waals surface area contributed by atoms with E-state index in [1.54, 1.807) is 18.3 Å². The number of carbonyl (C=O) groups excluding carboxylic acids is 1. The number of carbonyl (C=O) groups is 1. The maximum Gasteiger partial charge on any atom is 0.256 e. The number of amides is 1. The summed E-state index contributed by atoms with van der Waals surface area (Å²) < 4.78 is 0. The number of aryl methyl sites for hydroxylation is 1. The Labute approximate surface area is 93.4 Å². The highest BCUT2D eigenvalue weighted by Gasteiger charge is 2.05. The van der Waals surface area contributed by atoms with Crippen LogP contribution in [0.4, 0.5) is 5.82 Å². The summed E-state index contributed by atoms with van der Waals surface area (Å²) in [5.41, 5.74) is 1.73. The van der Waals surface area contributed by atoms with Gasteiger partial charge in [-0.25, -0.2) is 4.98 Å². The highest BCUT2D eigenvalue weighted by molar-refractivity contribution is 6.03. The minimum absolute atomic E-state index is 0.180. The summed E-state index contributed by atoms with van der Waals surface area (Å²) in [5, 5.41) is 2.67. The molecule has 16 heavy (non-hydrogen) atoms. The lowest BCUT2D eigenvalue weighted by atomic mass is 10.1. The van der Waals surface area contributed by atoms with Gasteiger partial charge in [-0.05, 0) is 19.1 Å². The van der Waals surface area contributed by atoms with Crippen molar-refractivity contribution in [1.29, 1.82) is 0 Å². The minimum Gasteiger partial charge on any atom is -0.305 e. The van der Waals surface area contributed by atoms with Gasteiger partial charge in [0, 0.05) is 18.0 Å². The molecule has 0 aliphatic rings. The van der Waals surface area contributed by atoms with Crippen molar-refractivity contribution >= 4 is 11.7 Å². The summed E-state index contributed by atoms with van der Waals surface area (Å²) in [7, 11) is 0. The van der Waals surface area contributed by atoms with E-state index in [9.17, 15) is 4.79 Å². The van der Waals surface area contributed by atoms with E-state index in [0.29, 0.717) is 11.4 Å². The molecule has 0 unspecified atom stereocenters. The molecule has 0 aliphatic heterocycles. The first kappa shape index (κ1) is 10.3. The Kier molecular flexibility index (Phi) is 2.91. The molecule has 2 aromatic rings. The normalized spacial score (nSPS) is 9.81. The average Bonchev–Trinajstić information content (AvgIpc) is 2.31. The summed E-state index contributed by atoms with van der Waals surface area (Å²) >= 11 is 0. The Bertz CT molecular complexity index is 479. The van der Waals surface area contributed by atoms with Gasteiger partial charge < -0.3 is 5.32 Å². The maximum absolute atomic E-state index is 11.7. The Morgan fingerprint density at radius 2 is 1.94 bits per heavy atom. The average molecular weight is 213 g/mol. The molecular weight excluding hydrogens is 202 g/mol. The predicted octanol–water partition coefficient (Wildman–Crippen LogP) is 2.04. The fourth-order valence-electron chi connectivity index (χ4n) is 1.26. The molecular formula is C12H11N3O. The van der Waals surface area contributed by atoms with Gasteiger partial charge in [0.15, 0.2) is 5.82 Å². The fourth-order valence-corrected chi connectivity index (χ4v) is 1.26. The van der Waals surface area contributed by atoms with Crippen LogP contribution in [0, 0.1) is 6.92 Å². The molecule has 80 valence electrons. The van der Waals surface area contributed by atoms with Crippen LogP contribution in [0.1, 0.15) is 15.9 Å². The summed E-state index contributed by atoms with van der Waals surface area (Å²) in [6, 6.07) is 7.35. The third-order valence-corrected chi connectivity index (χ3v) is 2.12. The van der Waals surface area contributed by atoms with E-state index in [4.69, 9.17) is 0 Å². The van der Waals surface area contributed by atoms with E-state index in [-0.39, 0.29) is 5.91 Å². The standard InChI is InChI=1S/C12H11N3O/c1-9-2-4-10(5-3-9)12(16)15-11-8-13-6-7-14-11/h2-8H,1H3,(H,14,15,16). The van der Waals surface area contributed by atoms with Crippen molar-refractivity contribution in [3.63, 3.8) is 0 Å². The lowest BCUT2D eigenvalue weighted by Crippen LogP contribution is -2.12. The molecule has 0 spiro atoms. The second-order valence-corrected chi connectivity index (χ2v) is 3.41. The van der Waals surface area contributed by atoms with Crippen molar-refractivity contribution in [3.05, 3.63) is 54.0 Å². The summed E-state index contributed by atoms with van der Waals surface area (Å²) in [6.45, 7) is 1.98. The maximum atomic E-state index is 11.7. The van der Waals surface area contributed by atoms with Crippen molar-refractivity contribution in [2.75, 3.05) is 5.32 Å². The van der Waals surface area contributed by atoms with E-state index < -0.39 is 0 Å². The molecule has 1 aromatic carbocycles. The molecule has 0 aliphatic carbocycles. The van der Waals surface area contributed by atoms with Gasteiger partial charge in [-0.3, -0.25) is 9.78 Å². The SMILES string of the molecule is Cc1ccc(C(=O)Nc2cnccn2)cc1. The Morgan fingerprint density at radius 3 is 2.56 bits per heavy atom. The lowest BCUT2D eigenvalue weighted by Gasteiger charge is -2.03. The van der Waals surface area contributed by atoms with Gasteiger partial charge >= 0.3 is 0 Å². The van der Waals surface area contributed by atoms with Crippen molar-refractivity contribution in [1.82, 2.24) is 9.97 Å². The first-order valence-electron chi connectivity index (χ1n) is 4.90. The Hall–Kier alpha value is -2.23. The van der Waals surface area contributed by atoms with Crippen LogP contribution >= 0.6 is 0 Å². The van der Waals surface area contributed by atoms with Gasteiger partial charge in [-0.2, -0.15) is 0 Å². The van der Waals surface area contributed by atoms with Crippen LogP contribution < -0.4 is 5.32 Å². The van der Waals surface area contributed by atoms with Crippen LogP contribution in [0.2, 0.25) is 0 Å². The first-order chi connectivity index (χ1) is 7.75. The van der Waals surface area contributed by atoms with Gasteiger partial charge in [0.05, 0.1) is 6.20 Å². The van der Waals surface area contributed by atoms with Crippen LogP contribution in [0.5, 0.6) is 0 Å². The summed E-state index contributed by atoms with van der Waals surface area (Å²) in [4.78, 5) is 19.6. The van der Waals surface area contributed by atoms with Gasteiger partial charge in [0.25, 0.3) is 5.91 Å².